The highest BCUT2D eigenvalue weighted by Crippen LogP contribution is 2.30. The molecule has 0 saturated carbocycles. The summed E-state index contributed by atoms with van der Waals surface area (Å²) in [5.74, 6) is -2.84. The molecule has 2 aromatic rings. The van der Waals surface area contributed by atoms with Crippen LogP contribution < -0.4 is 0 Å². The van der Waals surface area contributed by atoms with E-state index in [1.165, 1.54) is 0 Å². The Morgan fingerprint density at radius 3 is 2.59 bits per heavy atom. The molecule has 0 bridgehead atoms. The third kappa shape index (κ3) is 2.04. The fourth-order valence-electron chi connectivity index (χ4n) is 1.20. The molecule has 1 heterocycles. The van der Waals surface area contributed by atoms with Gasteiger partial charge in [-0.1, -0.05) is 0 Å². The zero-order valence-electron chi connectivity index (χ0n) is 7.94. The second-order valence-corrected chi connectivity index (χ2v) is 3.33. The molecular weight excluding hydrogens is 256 g/mol. The van der Waals surface area contributed by atoms with Crippen LogP contribution in [0, 0.1) is 26.6 Å². The molecular formula is C8H3F2N3O3S. The molecule has 0 aliphatic heterocycles. The Labute approximate surface area is 97.0 Å². The number of hydrogen-bond acceptors (Lipinski definition) is 5. The number of aromatic nitrogens is 2. The number of nitro benzene ring substituents is 1. The second-order valence-electron chi connectivity index (χ2n) is 2.96. The minimum absolute atomic E-state index is 0.126. The highest BCUT2D eigenvalue weighted by molar-refractivity contribution is 7.71. The van der Waals surface area contributed by atoms with Gasteiger partial charge in [-0.25, -0.2) is 13.9 Å². The van der Waals surface area contributed by atoms with Crippen molar-refractivity contribution in [2.75, 3.05) is 0 Å². The van der Waals surface area contributed by atoms with Crippen LogP contribution >= 0.6 is 12.2 Å². The number of halogens is 2. The van der Waals surface area contributed by atoms with Crippen molar-refractivity contribution in [3.63, 3.8) is 0 Å². The van der Waals surface area contributed by atoms with E-state index in [1.54, 1.807) is 0 Å². The highest BCUT2D eigenvalue weighted by Gasteiger charge is 2.23. The number of nitrogens with one attached hydrogen (secondary N) is 1. The zero-order valence-corrected chi connectivity index (χ0v) is 8.75. The molecule has 0 unspecified atom stereocenters. The first-order valence-corrected chi connectivity index (χ1v) is 4.59. The number of aromatic amines is 1. The van der Waals surface area contributed by atoms with E-state index in [2.05, 4.69) is 22.4 Å². The van der Waals surface area contributed by atoms with E-state index in [-0.39, 0.29) is 16.3 Å². The van der Waals surface area contributed by atoms with Crippen molar-refractivity contribution >= 4 is 17.9 Å². The lowest BCUT2D eigenvalue weighted by molar-refractivity contribution is -0.384. The molecule has 0 spiro atoms. The molecule has 0 atom stereocenters. The lowest BCUT2D eigenvalue weighted by Crippen LogP contribution is -1.96. The minimum atomic E-state index is -1.32. The van der Waals surface area contributed by atoms with Crippen molar-refractivity contribution < 1.29 is 18.1 Å². The van der Waals surface area contributed by atoms with E-state index in [4.69, 9.17) is 4.42 Å². The topological polar surface area (TPSA) is 85.0 Å². The van der Waals surface area contributed by atoms with Crippen LogP contribution in [0.4, 0.5) is 14.5 Å². The quantitative estimate of drug-likeness (QED) is 0.509. The first kappa shape index (κ1) is 11.3. The zero-order chi connectivity index (χ0) is 12.6. The number of nitro groups is 1. The van der Waals surface area contributed by atoms with Crippen LogP contribution in [0.2, 0.25) is 0 Å². The van der Waals surface area contributed by atoms with Gasteiger partial charge in [-0.2, -0.15) is 0 Å². The van der Waals surface area contributed by atoms with Gasteiger partial charge in [-0.05, 0) is 18.3 Å². The maximum atomic E-state index is 13.0. The van der Waals surface area contributed by atoms with Crippen LogP contribution in [-0.2, 0) is 0 Å². The summed E-state index contributed by atoms with van der Waals surface area (Å²) in [4.78, 5) is 9.68. The summed E-state index contributed by atoms with van der Waals surface area (Å²) in [5, 5.41) is 16.4. The molecule has 0 amide bonds. The molecule has 0 fully saturated rings. The molecule has 1 aromatic heterocycles. The Morgan fingerprint density at radius 2 is 2.06 bits per heavy atom. The number of hydrogen-bond donors (Lipinski definition) is 1. The summed E-state index contributed by atoms with van der Waals surface area (Å²) in [6.07, 6.45) is 0. The first-order valence-electron chi connectivity index (χ1n) is 4.18. The lowest BCUT2D eigenvalue weighted by Gasteiger charge is -1.99. The van der Waals surface area contributed by atoms with E-state index >= 15 is 0 Å². The van der Waals surface area contributed by atoms with Gasteiger partial charge in [0.05, 0.1) is 11.0 Å². The smallest absolute Gasteiger partial charge is 0.285 e. The predicted molar refractivity (Wildman–Crippen MR) is 53.7 cm³/mol. The molecule has 2 rings (SSSR count). The van der Waals surface area contributed by atoms with Crippen LogP contribution in [0.15, 0.2) is 16.5 Å². The van der Waals surface area contributed by atoms with Crippen molar-refractivity contribution in [1.29, 1.82) is 0 Å². The summed E-state index contributed by atoms with van der Waals surface area (Å²) in [6.45, 7) is 0. The van der Waals surface area contributed by atoms with Gasteiger partial charge < -0.3 is 4.42 Å². The standard InChI is InChI=1S/C8H3F2N3O3S/c9-4-1-3(7-11-12-8(17)16-7)6(13(14)15)2-5(4)10/h1-2H,(H,12,17). The molecule has 1 aromatic carbocycles. The normalized spacial score (nSPS) is 10.5. The maximum absolute atomic E-state index is 13.0. The summed E-state index contributed by atoms with van der Waals surface area (Å²) < 4.78 is 30.7. The average Bonchev–Trinajstić information content (AvgIpc) is 2.68. The molecule has 6 nitrogen and oxygen atoms in total. The van der Waals surface area contributed by atoms with E-state index in [1.807, 2.05) is 0 Å². The van der Waals surface area contributed by atoms with Crippen LogP contribution in [-0.4, -0.2) is 15.1 Å². The Hall–Kier alpha value is -2.16. The van der Waals surface area contributed by atoms with Crippen molar-refractivity contribution in [2.24, 2.45) is 0 Å². The largest absolute Gasteiger partial charge is 0.409 e. The van der Waals surface area contributed by atoms with Crippen LogP contribution in [0.25, 0.3) is 11.5 Å². The predicted octanol–water partition coefficient (Wildman–Crippen LogP) is 2.59. The number of H-pyrrole nitrogens is 1. The third-order valence-corrected chi connectivity index (χ3v) is 2.08. The Morgan fingerprint density at radius 1 is 1.41 bits per heavy atom. The monoisotopic (exact) mass is 259 g/mol. The summed E-state index contributed by atoms with van der Waals surface area (Å²) in [7, 11) is 0. The SMILES string of the molecule is O=[N+]([O-])c1cc(F)c(F)cc1-c1n[nH]c(=S)o1. The molecule has 88 valence electrons. The maximum Gasteiger partial charge on any atom is 0.285 e. The van der Waals surface area contributed by atoms with Crippen molar-refractivity contribution in [3.05, 3.63) is 38.7 Å². The van der Waals surface area contributed by atoms with E-state index < -0.39 is 22.2 Å². The number of rotatable bonds is 2. The van der Waals surface area contributed by atoms with Gasteiger partial charge in [-0.3, -0.25) is 10.1 Å². The van der Waals surface area contributed by atoms with Crippen molar-refractivity contribution in [1.82, 2.24) is 10.2 Å². The highest BCUT2D eigenvalue weighted by atomic mass is 32.1. The first-order chi connectivity index (χ1) is 7.99. The minimum Gasteiger partial charge on any atom is -0.409 e. The molecule has 0 saturated heterocycles. The Bertz CT molecular complexity index is 652. The third-order valence-electron chi connectivity index (χ3n) is 1.90. The van der Waals surface area contributed by atoms with Gasteiger partial charge >= 0.3 is 0 Å². The molecule has 0 radical (unpaired) electrons. The lowest BCUT2D eigenvalue weighted by atomic mass is 10.1. The van der Waals surface area contributed by atoms with Crippen LogP contribution in [0.3, 0.4) is 0 Å². The average molecular weight is 259 g/mol. The molecule has 0 aliphatic carbocycles. The van der Waals surface area contributed by atoms with Gasteiger partial charge in [0.25, 0.3) is 16.4 Å². The summed E-state index contributed by atoms with van der Waals surface area (Å²) in [5.41, 5.74) is -0.949. The number of nitrogens with zero attached hydrogens (tertiary/aromatic N) is 2. The number of benzene rings is 1. The molecule has 1 N–H and O–H groups in total. The fraction of sp³-hybridized carbons (Fsp3) is 0. The summed E-state index contributed by atoms with van der Waals surface area (Å²) >= 11 is 4.58. The van der Waals surface area contributed by atoms with E-state index in [9.17, 15) is 18.9 Å². The summed E-state index contributed by atoms with van der Waals surface area (Å²) in [6, 6.07) is 1.08. The fourth-order valence-corrected chi connectivity index (χ4v) is 1.33. The molecule has 0 aliphatic rings. The van der Waals surface area contributed by atoms with Crippen molar-refractivity contribution in [2.45, 2.75) is 0 Å². The van der Waals surface area contributed by atoms with Crippen molar-refractivity contribution in [3.8, 4) is 11.5 Å². The second kappa shape index (κ2) is 4.01. The van der Waals surface area contributed by atoms with Crippen LogP contribution in [0.5, 0.6) is 0 Å². The van der Waals surface area contributed by atoms with Gasteiger partial charge in [0.2, 0.25) is 0 Å². The van der Waals surface area contributed by atoms with E-state index in [0.29, 0.717) is 12.1 Å². The van der Waals surface area contributed by atoms with Gasteiger partial charge in [-0.15, -0.1) is 5.10 Å². The Kier molecular flexibility index (Phi) is 2.68. The van der Waals surface area contributed by atoms with Gasteiger partial charge in [0.1, 0.15) is 5.56 Å². The Balaban J connectivity index is 2.71. The van der Waals surface area contributed by atoms with E-state index in [0.717, 1.165) is 0 Å². The van der Waals surface area contributed by atoms with Gasteiger partial charge in [0.15, 0.2) is 11.6 Å². The van der Waals surface area contributed by atoms with Gasteiger partial charge in [0, 0.05) is 0 Å². The van der Waals surface area contributed by atoms with Crippen LogP contribution in [0.1, 0.15) is 0 Å². The molecule has 9 heteroatoms. The molecule has 17 heavy (non-hydrogen) atoms.